The molecule has 61 heavy (non-hydrogen) atoms. The summed E-state index contributed by atoms with van der Waals surface area (Å²) in [6, 6.07) is 63.5. The molecule has 0 atom stereocenters. The van der Waals surface area contributed by atoms with Crippen LogP contribution in [0.4, 0.5) is 0 Å². The van der Waals surface area contributed by atoms with Crippen molar-refractivity contribution >= 4 is 70.2 Å². The highest BCUT2D eigenvalue weighted by atomic mass is 14.8. The van der Waals surface area contributed by atoms with E-state index in [0.717, 1.165) is 55.9 Å². The zero-order valence-corrected chi connectivity index (χ0v) is 33.7. The molecule has 0 saturated heterocycles. The van der Waals surface area contributed by atoms with Crippen LogP contribution in [-0.2, 0) is 0 Å². The van der Waals surface area contributed by atoms with E-state index in [0.29, 0.717) is 0 Å². The summed E-state index contributed by atoms with van der Waals surface area (Å²) >= 11 is 0. The van der Waals surface area contributed by atoms with E-state index in [-0.39, 0.29) is 0 Å². The maximum absolute atomic E-state index is 5.28. The third kappa shape index (κ3) is 6.44. The zero-order chi connectivity index (χ0) is 40.9. The molecule has 11 rings (SSSR count). The van der Waals surface area contributed by atoms with E-state index in [1.54, 1.807) is 6.08 Å². The van der Waals surface area contributed by atoms with Crippen molar-refractivity contribution in [3.8, 4) is 45.0 Å². The molecule has 0 spiro atoms. The van der Waals surface area contributed by atoms with Gasteiger partial charge in [0, 0.05) is 17.3 Å². The molecule has 0 bridgehead atoms. The summed E-state index contributed by atoms with van der Waals surface area (Å²) in [5.41, 5.74) is 9.93. The van der Waals surface area contributed by atoms with E-state index in [9.17, 15) is 0 Å². The standard InChI is InChI=1S/C58H39N3/c1-3-4-5-14-37(2)53-20-12-22-55(60-53)52-36-44(54-21-13-23-57(61-54)56-19-10-11-30-59-56)35-50-47(52)28-29-48-51(50)34-40-17-8-9-18-46(40)58(48)43-26-27-45-41(32-43)24-25-42-31-38-15-6-7-16-39(38)33-49(42)45/h3-36H,1H2,2H3/b5-4-,37-14+. The summed E-state index contributed by atoms with van der Waals surface area (Å²) in [4.78, 5) is 15.1. The van der Waals surface area contributed by atoms with Crippen molar-refractivity contribution in [2.45, 2.75) is 6.92 Å². The van der Waals surface area contributed by atoms with Crippen LogP contribution in [0.25, 0.3) is 115 Å². The van der Waals surface area contributed by atoms with Crippen molar-refractivity contribution in [3.63, 3.8) is 0 Å². The molecule has 3 heteroatoms. The molecule has 0 amide bonds. The Labute approximate surface area is 354 Å². The minimum Gasteiger partial charge on any atom is -0.255 e. The van der Waals surface area contributed by atoms with Crippen molar-refractivity contribution in [2.75, 3.05) is 0 Å². The molecule has 0 saturated carbocycles. The SMILES string of the molecule is C=C/C=C\C=C(/C)c1cccc(-c2cc(-c3cccc(-c4ccccn4)n3)cc3c2ccc2c(-c4ccc5c(ccc6cc7ccccc7cc65)c4)c4ccccc4cc23)n1. The van der Waals surface area contributed by atoms with Gasteiger partial charge in [0.15, 0.2) is 0 Å². The number of hydrogen-bond donors (Lipinski definition) is 0. The Morgan fingerprint density at radius 3 is 1.95 bits per heavy atom. The first kappa shape index (κ1) is 36.1. The molecule has 3 heterocycles. The Hall–Kier alpha value is -8.01. The van der Waals surface area contributed by atoms with Gasteiger partial charge in [-0.3, -0.25) is 4.98 Å². The number of nitrogens with zero attached hydrogens (tertiary/aromatic N) is 3. The second kappa shape index (κ2) is 15.0. The van der Waals surface area contributed by atoms with Crippen molar-refractivity contribution in [1.82, 2.24) is 15.0 Å². The van der Waals surface area contributed by atoms with Gasteiger partial charge in [0.25, 0.3) is 0 Å². The van der Waals surface area contributed by atoms with Crippen molar-refractivity contribution in [1.29, 1.82) is 0 Å². The fourth-order valence-corrected chi connectivity index (χ4v) is 8.98. The third-order valence-electron chi connectivity index (χ3n) is 12.0. The summed E-state index contributed by atoms with van der Waals surface area (Å²) in [6.45, 7) is 5.92. The lowest BCUT2D eigenvalue weighted by Gasteiger charge is -2.17. The lowest BCUT2D eigenvalue weighted by atomic mass is 9.87. The Balaban J connectivity index is 1.17. The van der Waals surface area contributed by atoms with E-state index < -0.39 is 0 Å². The van der Waals surface area contributed by atoms with E-state index in [1.165, 1.54) is 65.0 Å². The molecule has 286 valence electrons. The molecule has 0 aliphatic heterocycles. The maximum atomic E-state index is 5.28. The van der Waals surface area contributed by atoms with Gasteiger partial charge in [-0.25, -0.2) is 9.97 Å². The van der Waals surface area contributed by atoms with Crippen LogP contribution in [0.5, 0.6) is 0 Å². The topological polar surface area (TPSA) is 38.7 Å². The van der Waals surface area contributed by atoms with E-state index in [2.05, 4.69) is 176 Å². The minimum atomic E-state index is 0.830. The Bertz CT molecular complexity index is 3620. The molecule has 0 radical (unpaired) electrons. The lowest BCUT2D eigenvalue weighted by Crippen LogP contribution is -1.95. The quantitative estimate of drug-likeness (QED) is 0.0919. The molecule has 11 aromatic rings. The number of benzene rings is 8. The lowest BCUT2D eigenvalue weighted by molar-refractivity contribution is 1.25. The van der Waals surface area contributed by atoms with E-state index in [1.807, 2.05) is 42.6 Å². The van der Waals surface area contributed by atoms with Gasteiger partial charge < -0.3 is 0 Å². The highest BCUT2D eigenvalue weighted by Gasteiger charge is 2.18. The van der Waals surface area contributed by atoms with Gasteiger partial charge in [0.05, 0.1) is 28.5 Å². The average molecular weight is 778 g/mol. The third-order valence-corrected chi connectivity index (χ3v) is 12.0. The Morgan fingerprint density at radius 2 is 1.10 bits per heavy atom. The maximum Gasteiger partial charge on any atom is 0.0893 e. The van der Waals surface area contributed by atoms with Gasteiger partial charge in [-0.2, -0.15) is 0 Å². The van der Waals surface area contributed by atoms with E-state index >= 15 is 0 Å². The van der Waals surface area contributed by atoms with Crippen molar-refractivity contribution < 1.29 is 0 Å². The van der Waals surface area contributed by atoms with Gasteiger partial charge in [0.1, 0.15) is 0 Å². The number of pyridine rings is 3. The molecular formula is C58H39N3. The van der Waals surface area contributed by atoms with Crippen LogP contribution in [0, 0.1) is 0 Å². The Morgan fingerprint density at radius 1 is 0.426 bits per heavy atom. The van der Waals surface area contributed by atoms with Gasteiger partial charge >= 0.3 is 0 Å². The first-order chi connectivity index (χ1) is 30.1. The average Bonchev–Trinajstić information content (AvgIpc) is 3.32. The molecule has 0 unspecified atom stereocenters. The van der Waals surface area contributed by atoms with Gasteiger partial charge in [-0.15, -0.1) is 0 Å². The fourth-order valence-electron chi connectivity index (χ4n) is 8.98. The summed E-state index contributed by atoms with van der Waals surface area (Å²) in [5, 5.41) is 14.6. The molecule has 3 nitrogen and oxygen atoms in total. The van der Waals surface area contributed by atoms with Crippen LogP contribution in [-0.4, -0.2) is 15.0 Å². The van der Waals surface area contributed by atoms with Gasteiger partial charge in [-0.05, 0) is 161 Å². The van der Waals surface area contributed by atoms with E-state index in [4.69, 9.17) is 9.97 Å². The van der Waals surface area contributed by atoms with Crippen LogP contribution in [0.3, 0.4) is 0 Å². The number of aromatic nitrogens is 3. The van der Waals surface area contributed by atoms with Crippen molar-refractivity contribution in [3.05, 3.63) is 219 Å². The molecule has 0 N–H and O–H groups in total. The number of allylic oxidation sites excluding steroid dienone is 5. The summed E-state index contributed by atoms with van der Waals surface area (Å²) < 4.78 is 0. The molecule has 3 aromatic heterocycles. The molecule has 0 aliphatic carbocycles. The van der Waals surface area contributed by atoms with Crippen molar-refractivity contribution in [2.24, 2.45) is 0 Å². The smallest absolute Gasteiger partial charge is 0.0893 e. The molecule has 8 aromatic carbocycles. The van der Waals surface area contributed by atoms with Crippen LogP contribution in [0.1, 0.15) is 12.6 Å². The largest absolute Gasteiger partial charge is 0.255 e. The Kier molecular flexibility index (Phi) is 8.87. The number of fused-ring (bicyclic) bond motifs is 8. The van der Waals surface area contributed by atoms with Crippen LogP contribution in [0.15, 0.2) is 213 Å². The normalized spacial score (nSPS) is 12.1. The molecule has 0 fully saturated rings. The second-order valence-electron chi connectivity index (χ2n) is 15.7. The number of hydrogen-bond acceptors (Lipinski definition) is 3. The van der Waals surface area contributed by atoms with Crippen LogP contribution < -0.4 is 0 Å². The van der Waals surface area contributed by atoms with Gasteiger partial charge in [0.2, 0.25) is 0 Å². The van der Waals surface area contributed by atoms with Crippen LogP contribution >= 0.6 is 0 Å². The zero-order valence-electron chi connectivity index (χ0n) is 33.7. The predicted octanol–water partition coefficient (Wildman–Crippen LogP) is 15.6. The minimum absolute atomic E-state index is 0.830. The first-order valence-electron chi connectivity index (χ1n) is 20.7. The number of rotatable bonds is 7. The summed E-state index contributed by atoms with van der Waals surface area (Å²) in [7, 11) is 0. The monoisotopic (exact) mass is 777 g/mol. The highest BCUT2D eigenvalue weighted by molar-refractivity contribution is 6.23. The van der Waals surface area contributed by atoms with Crippen LogP contribution in [0.2, 0.25) is 0 Å². The molecule has 0 aliphatic rings. The summed E-state index contributed by atoms with van der Waals surface area (Å²) in [6.07, 6.45) is 9.60. The predicted molar refractivity (Wildman–Crippen MR) is 260 cm³/mol. The highest BCUT2D eigenvalue weighted by Crippen LogP contribution is 2.44. The fraction of sp³-hybridized carbons (Fsp3) is 0.0172. The summed E-state index contributed by atoms with van der Waals surface area (Å²) in [5.74, 6) is 0. The first-order valence-corrected chi connectivity index (χ1v) is 20.7. The second-order valence-corrected chi connectivity index (χ2v) is 15.7. The molecular weight excluding hydrogens is 739 g/mol. The van der Waals surface area contributed by atoms with Gasteiger partial charge in [-0.1, -0.05) is 134 Å².